The molecule has 3 unspecified atom stereocenters. The second-order valence-corrected chi connectivity index (χ2v) is 18.1. The molecule has 7 atom stereocenters. The number of phosphoric ester groups is 3. The van der Waals surface area contributed by atoms with Crippen LogP contribution in [-0.2, 0) is 50.7 Å². The highest BCUT2D eigenvalue weighted by Gasteiger charge is 2.50. The third-order valence-corrected chi connectivity index (χ3v) is 11.6. The number of aliphatic hydroxyl groups excluding tert-OH is 2. The summed E-state index contributed by atoms with van der Waals surface area (Å²) < 4.78 is 62.1. The molecule has 3 rings (SSSR count). The number of ether oxygens (including phenoxy) is 1. The summed E-state index contributed by atoms with van der Waals surface area (Å²) in [5.41, 5.74) is 4.26. The molecule has 57 heavy (non-hydrogen) atoms. The van der Waals surface area contributed by atoms with Gasteiger partial charge in [0.05, 0.1) is 19.5 Å². The maximum Gasteiger partial charge on any atom is 0.481 e. The first kappa shape index (κ1) is 48.4. The fourth-order valence-electron chi connectivity index (χ4n) is 4.81. The molecular weight excluding hydrogens is 843 g/mol. The number of aliphatic hydroxyl groups is 2. The van der Waals surface area contributed by atoms with Crippen molar-refractivity contribution in [1.82, 2.24) is 30.2 Å². The average molecular weight is 890 g/mol. The van der Waals surface area contributed by atoms with Crippen molar-refractivity contribution in [3.05, 3.63) is 37.0 Å². The van der Waals surface area contributed by atoms with E-state index in [9.17, 15) is 57.9 Å². The van der Waals surface area contributed by atoms with Gasteiger partial charge in [0.15, 0.2) is 17.7 Å². The molecule has 2 amide bonds. The van der Waals surface area contributed by atoms with E-state index in [0.717, 1.165) is 41.8 Å². The zero-order chi connectivity index (χ0) is 42.6. The normalized spacial score (nSPS) is 21.8. The van der Waals surface area contributed by atoms with Crippen molar-refractivity contribution in [2.24, 2.45) is 5.41 Å². The first-order valence-corrected chi connectivity index (χ1v) is 22.5. The van der Waals surface area contributed by atoms with Gasteiger partial charge in [-0.1, -0.05) is 57.2 Å². The van der Waals surface area contributed by atoms with Gasteiger partial charge in [-0.2, -0.15) is 4.31 Å². The first-order chi connectivity index (χ1) is 26.6. The Hall–Kier alpha value is -2.96. The number of unbranched alkanes of at least 4 members (excludes halogenated alkanes) is 1. The van der Waals surface area contributed by atoms with E-state index in [1.54, 1.807) is 12.2 Å². The van der Waals surface area contributed by atoms with Crippen molar-refractivity contribution in [3.63, 3.8) is 0 Å². The van der Waals surface area contributed by atoms with Crippen molar-refractivity contribution in [1.29, 1.82) is 0 Å². The number of hydrogen-bond acceptors (Lipinski definition) is 18. The molecule has 1 saturated heterocycles. The maximum atomic E-state index is 12.7. The smallest absolute Gasteiger partial charge is 0.386 e. The Morgan fingerprint density at radius 3 is 2.46 bits per heavy atom. The molecule has 24 nitrogen and oxygen atoms in total. The van der Waals surface area contributed by atoms with Crippen molar-refractivity contribution in [2.75, 3.05) is 37.8 Å². The molecule has 0 spiro atoms. The van der Waals surface area contributed by atoms with E-state index in [1.807, 2.05) is 13.0 Å². The number of imidazole rings is 1. The van der Waals surface area contributed by atoms with Crippen LogP contribution in [0.15, 0.2) is 37.0 Å². The third-order valence-electron chi connectivity index (χ3n) is 7.68. The number of carbonyl (C=O) groups is 3. The molecule has 0 saturated carbocycles. The molecule has 1 fully saturated rings. The van der Waals surface area contributed by atoms with Gasteiger partial charge in [0.1, 0.15) is 36.3 Å². The lowest BCUT2D eigenvalue weighted by Crippen LogP contribution is -2.46. The molecule has 1 aliphatic rings. The number of aromatic nitrogens is 4. The number of nitrogen functional groups attached to an aromatic ring is 1. The van der Waals surface area contributed by atoms with Gasteiger partial charge in [-0.25, -0.2) is 28.6 Å². The Kier molecular flexibility index (Phi) is 18.1. The molecule has 28 heteroatoms. The van der Waals surface area contributed by atoms with Crippen molar-refractivity contribution in [3.8, 4) is 0 Å². The fraction of sp³-hybridized carbons (Fsp3) is 0.586. The largest absolute Gasteiger partial charge is 0.481 e. The standard InChI is InChI=1S/C29H46N7O17P3S/c1-4-5-6-7-8-9-20(38)57-13-12-31-19(37)10-11-32-27(41)24(40)29(2,3)15-50-56(47,48)53-55(45,46)49-14-18-23(52-54(42,43)44)22(39)28(51-18)36-17-35-21-25(30)33-16-34-26(21)36/h6-9,16-18,22-24,28,39-40H,4-5,10-15H2,1-3H3,(H,31,37)(H,32,41)(H,45,46)(H,47,48)(H2,30,33,34)(H2,42,43,44)/b7-6+,9-8+/t18-,22-,23-,24?,28-/m1/s1. The number of carbonyl (C=O) groups excluding carboxylic acids is 3. The minimum Gasteiger partial charge on any atom is -0.386 e. The van der Waals surface area contributed by atoms with Gasteiger partial charge in [0.2, 0.25) is 16.9 Å². The molecule has 0 aromatic carbocycles. The highest BCUT2D eigenvalue weighted by molar-refractivity contribution is 8.14. The van der Waals surface area contributed by atoms with Crippen LogP contribution >= 0.6 is 35.2 Å². The highest BCUT2D eigenvalue weighted by atomic mass is 32.2. The monoisotopic (exact) mass is 889 g/mol. The fourth-order valence-corrected chi connectivity index (χ4v) is 8.21. The quantitative estimate of drug-likeness (QED) is 0.0319. The molecule has 1 aliphatic heterocycles. The van der Waals surface area contributed by atoms with E-state index < -0.39 is 84.6 Å². The second-order valence-electron chi connectivity index (χ2n) is 12.8. The molecule has 2 aromatic heterocycles. The highest BCUT2D eigenvalue weighted by Crippen LogP contribution is 2.61. The Morgan fingerprint density at radius 2 is 1.77 bits per heavy atom. The average Bonchev–Trinajstić information content (AvgIpc) is 3.68. The predicted molar refractivity (Wildman–Crippen MR) is 200 cm³/mol. The minimum absolute atomic E-state index is 0.0296. The van der Waals surface area contributed by atoms with Crippen molar-refractivity contribution in [2.45, 2.75) is 70.7 Å². The molecule has 0 aliphatic carbocycles. The molecule has 320 valence electrons. The van der Waals surface area contributed by atoms with E-state index in [-0.39, 0.29) is 41.6 Å². The summed E-state index contributed by atoms with van der Waals surface area (Å²) in [4.78, 5) is 87.4. The summed E-state index contributed by atoms with van der Waals surface area (Å²) >= 11 is 1.01. The minimum atomic E-state index is -5.57. The van der Waals surface area contributed by atoms with Crippen LogP contribution in [0.4, 0.5) is 5.82 Å². The van der Waals surface area contributed by atoms with Gasteiger partial charge >= 0.3 is 23.5 Å². The van der Waals surface area contributed by atoms with Crippen LogP contribution < -0.4 is 16.4 Å². The summed E-state index contributed by atoms with van der Waals surface area (Å²) in [6.45, 7) is 2.50. The van der Waals surface area contributed by atoms with Crippen LogP contribution in [0.3, 0.4) is 0 Å². The Morgan fingerprint density at radius 1 is 1.07 bits per heavy atom. The number of rotatable bonds is 23. The van der Waals surface area contributed by atoms with E-state index in [0.29, 0.717) is 5.75 Å². The number of anilines is 1. The molecule has 10 N–H and O–H groups in total. The van der Waals surface area contributed by atoms with Gasteiger partial charge in [0, 0.05) is 30.7 Å². The van der Waals surface area contributed by atoms with Crippen LogP contribution in [0.5, 0.6) is 0 Å². The molecular formula is C29H46N7O17P3S. The zero-order valence-corrected chi connectivity index (χ0v) is 34.3. The van der Waals surface area contributed by atoms with E-state index >= 15 is 0 Å². The molecule has 2 aromatic rings. The lowest BCUT2D eigenvalue weighted by molar-refractivity contribution is -0.137. The number of nitrogens with two attached hydrogens (primary N) is 1. The summed E-state index contributed by atoms with van der Waals surface area (Å²) in [6.07, 6.45) is 1.75. The van der Waals surface area contributed by atoms with Gasteiger partial charge in [0.25, 0.3) is 0 Å². The third kappa shape index (κ3) is 15.6. The van der Waals surface area contributed by atoms with Gasteiger partial charge in [-0.15, -0.1) is 0 Å². The van der Waals surface area contributed by atoms with Crippen molar-refractivity contribution < 1.29 is 80.5 Å². The van der Waals surface area contributed by atoms with Gasteiger partial charge in [-0.3, -0.25) is 32.5 Å². The number of nitrogens with zero attached hydrogens (tertiary/aromatic N) is 4. The SMILES string of the molecule is CCC/C=C/C=C/C(=O)SCCNC(=O)CCNC(=O)C(O)C(C)(C)COP(=O)(O)OP(=O)(O)OC[C@H]1O[C@@H](n2cnc3c(N)ncnc32)[C@H](O)[C@@H]1OP(=O)(O)O. The van der Waals surface area contributed by atoms with Crippen LogP contribution in [-0.4, -0.2) is 123 Å². The topological polar surface area (TPSA) is 364 Å². The lowest BCUT2D eigenvalue weighted by atomic mass is 9.87. The number of thioether (sulfide) groups is 1. The number of allylic oxidation sites excluding steroid dienone is 3. The summed E-state index contributed by atoms with van der Waals surface area (Å²) in [6, 6.07) is 0. The summed E-state index contributed by atoms with van der Waals surface area (Å²) in [5, 5.41) is 26.2. The first-order valence-electron chi connectivity index (χ1n) is 16.9. The number of hydrogen-bond donors (Lipinski definition) is 9. The maximum absolute atomic E-state index is 12.7. The summed E-state index contributed by atoms with van der Waals surface area (Å²) in [5.74, 6) is -1.15. The number of nitrogens with one attached hydrogen (secondary N) is 2. The Labute approximate surface area is 330 Å². The second kappa shape index (κ2) is 21.3. The van der Waals surface area contributed by atoms with Gasteiger partial charge < -0.3 is 50.9 Å². The Bertz CT molecular complexity index is 1910. The van der Waals surface area contributed by atoms with E-state index in [1.165, 1.54) is 19.9 Å². The van der Waals surface area contributed by atoms with E-state index in [4.69, 9.17) is 19.5 Å². The molecule has 0 bridgehead atoms. The molecule has 0 radical (unpaired) electrons. The van der Waals surface area contributed by atoms with Gasteiger partial charge in [-0.05, 0) is 12.5 Å². The molecule has 3 heterocycles. The summed E-state index contributed by atoms with van der Waals surface area (Å²) in [7, 11) is -16.4. The lowest BCUT2D eigenvalue weighted by Gasteiger charge is -2.30. The van der Waals surface area contributed by atoms with Crippen LogP contribution in [0.2, 0.25) is 0 Å². The van der Waals surface area contributed by atoms with E-state index in [2.05, 4.69) is 34.4 Å². The zero-order valence-electron chi connectivity index (χ0n) is 30.8. The number of phosphoric acid groups is 3. The Balaban J connectivity index is 1.47. The number of fused-ring (bicyclic) bond motifs is 1. The van der Waals surface area contributed by atoms with Crippen molar-refractivity contribution >= 4 is 69.1 Å². The number of amides is 2. The van der Waals surface area contributed by atoms with Crippen LogP contribution in [0.25, 0.3) is 11.2 Å². The predicted octanol–water partition coefficient (Wildman–Crippen LogP) is 0.577. The van der Waals surface area contributed by atoms with Crippen LogP contribution in [0.1, 0.15) is 46.3 Å². The van der Waals surface area contributed by atoms with Crippen LogP contribution in [0, 0.1) is 5.41 Å².